The Morgan fingerprint density at radius 1 is 1.14 bits per heavy atom. The number of hydrazine groups is 2. The number of rotatable bonds is 1. The van der Waals surface area contributed by atoms with E-state index in [1.165, 1.54) is 6.08 Å². The van der Waals surface area contributed by atoms with Crippen molar-refractivity contribution >= 4 is 11.6 Å². The molecular formula is C9H9N3O2. The fraction of sp³-hybridized carbons (Fsp3) is 0. The molecule has 1 aliphatic rings. The van der Waals surface area contributed by atoms with Gasteiger partial charge in [0.05, 0.1) is 5.70 Å². The van der Waals surface area contributed by atoms with Crippen molar-refractivity contribution in [2.45, 2.75) is 0 Å². The van der Waals surface area contributed by atoms with Crippen LogP contribution in [0.25, 0.3) is 5.70 Å². The molecule has 0 unspecified atom stereocenters. The van der Waals surface area contributed by atoms with Gasteiger partial charge in [0.2, 0.25) is 0 Å². The molecule has 0 bridgehead atoms. The van der Waals surface area contributed by atoms with E-state index in [9.17, 15) is 4.79 Å². The maximum atomic E-state index is 11.0. The molecule has 1 aliphatic heterocycles. The highest BCUT2D eigenvalue weighted by atomic mass is 16.6. The molecule has 1 amide bonds. The molecule has 0 saturated heterocycles. The molecule has 1 aromatic carbocycles. The van der Waals surface area contributed by atoms with E-state index in [4.69, 9.17) is 5.21 Å². The van der Waals surface area contributed by atoms with Crippen LogP contribution in [0.15, 0.2) is 36.4 Å². The molecule has 2 rings (SSSR count). The summed E-state index contributed by atoms with van der Waals surface area (Å²) in [4.78, 5) is 11.0. The lowest BCUT2D eigenvalue weighted by molar-refractivity contribution is -0.177. The Morgan fingerprint density at radius 2 is 1.86 bits per heavy atom. The first kappa shape index (κ1) is 8.74. The minimum Gasteiger partial charge on any atom is -0.277 e. The highest BCUT2D eigenvalue weighted by Crippen LogP contribution is 2.12. The topological polar surface area (TPSA) is 64.6 Å². The second-order valence-electron chi connectivity index (χ2n) is 2.82. The predicted molar refractivity (Wildman–Crippen MR) is 49.3 cm³/mol. The first-order valence-electron chi connectivity index (χ1n) is 4.09. The van der Waals surface area contributed by atoms with E-state index in [0.717, 1.165) is 5.56 Å². The fourth-order valence-electron chi connectivity index (χ4n) is 1.21. The van der Waals surface area contributed by atoms with Crippen LogP contribution in [-0.4, -0.2) is 16.4 Å². The minimum atomic E-state index is -0.370. The highest BCUT2D eigenvalue weighted by Gasteiger charge is 2.14. The van der Waals surface area contributed by atoms with Gasteiger partial charge in [0.1, 0.15) is 0 Å². The number of nitrogens with one attached hydrogen (secondary N) is 2. The van der Waals surface area contributed by atoms with Crippen LogP contribution < -0.4 is 10.9 Å². The molecule has 0 spiro atoms. The number of benzene rings is 1. The van der Waals surface area contributed by atoms with Crippen LogP contribution in [0.5, 0.6) is 0 Å². The summed E-state index contributed by atoms with van der Waals surface area (Å²) in [6.07, 6.45) is 1.38. The van der Waals surface area contributed by atoms with E-state index in [2.05, 4.69) is 10.9 Å². The van der Waals surface area contributed by atoms with E-state index in [-0.39, 0.29) is 5.91 Å². The van der Waals surface area contributed by atoms with Crippen molar-refractivity contribution in [2.75, 3.05) is 0 Å². The summed E-state index contributed by atoms with van der Waals surface area (Å²) in [5.74, 6) is -0.370. The molecule has 3 N–H and O–H groups in total. The number of hydrogen-bond acceptors (Lipinski definition) is 4. The summed E-state index contributed by atoms with van der Waals surface area (Å²) >= 11 is 0. The van der Waals surface area contributed by atoms with Gasteiger partial charge in [-0.05, 0) is 10.8 Å². The molecule has 5 nitrogen and oxygen atoms in total. The Balaban J connectivity index is 2.31. The van der Waals surface area contributed by atoms with Crippen LogP contribution in [0.2, 0.25) is 0 Å². The summed E-state index contributed by atoms with van der Waals surface area (Å²) in [7, 11) is 0. The van der Waals surface area contributed by atoms with Crippen LogP contribution in [0.4, 0.5) is 0 Å². The van der Waals surface area contributed by atoms with Crippen LogP contribution >= 0.6 is 0 Å². The molecule has 0 radical (unpaired) electrons. The second-order valence-corrected chi connectivity index (χ2v) is 2.82. The SMILES string of the molecule is O=C1C=C(c2ccccc2)NN(O)N1. The van der Waals surface area contributed by atoms with Crippen molar-refractivity contribution in [3.8, 4) is 0 Å². The lowest BCUT2D eigenvalue weighted by Gasteiger charge is -2.23. The first-order valence-corrected chi connectivity index (χ1v) is 4.09. The summed E-state index contributed by atoms with van der Waals surface area (Å²) in [6, 6.07) is 9.26. The number of hydrogen-bond donors (Lipinski definition) is 3. The summed E-state index contributed by atoms with van der Waals surface area (Å²) < 4.78 is 0. The molecule has 0 aromatic heterocycles. The molecular weight excluding hydrogens is 182 g/mol. The molecule has 1 heterocycles. The van der Waals surface area contributed by atoms with Crippen molar-refractivity contribution in [1.29, 1.82) is 0 Å². The van der Waals surface area contributed by atoms with Crippen LogP contribution in [0.1, 0.15) is 5.56 Å². The number of carbonyl (C=O) groups excluding carboxylic acids is 1. The predicted octanol–water partition coefficient (Wildman–Crippen LogP) is 0.268. The number of carbonyl (C=O) groups is 1. The Labute approximate surface area is 80.5 Å². The molecule has 14 heavy (non-hydrogen) atoms. The van der Waals surface area contributed by atoms with Crippen molar-refractivity contribution < 1.29 is 10.0 Å². The maximum absolute atomic E-state index is 11.0. The van der Waals surface area contributed by atoms with Crippen LogP contribution in [0, 0.1) is 0 Å². The first-order chi connectivity index (χ1) is 6.75. The Morgan fingerprint density at radius 3 is 2.50 bits per heavy atom. The normalized spacial score (nSPS) is 16.9. The van der Waals surface area contributed by atoms with Gasteiger partial charge in [-0.25, -0.2) is 5.43 Å². The van der Waals surface area contributed by atoms with Gasteiger partial charge in [-0.2, -0.15) is 0 Å². The zero-order chi connectivity index (χ0) is 9.97. The average molecular weight is 191 g/mol. The van der Waals surface area contributed by atoms with E-state index in [1.54, 1.807) is 0 Å². The van der Waals surface area contributed by atoms with Gasteiger partial charge in [0.15, 0.2) is 0 Å². The summed E-state index contributed by atoms with van der Waals surface area (Å²) in [6.45, 7) is 0. The molecule has 0 aliphatic carbocycles. The van der Waals surface area contributed by atoms with Gasteiger partial charge in [0.25, 0.3) is 5.91 Å². The zero-order valence-electron chi connectivity index (χ0n) is 7.27. The van der Waals surface area contributed by atoms with Gasteiger partial charge >= 0.3 is 0 Å². The lowest BCUT2D eigenvalue weighted by atomic mass is 10.1. The average Bonchev–Trinajstić information content (AvgIpc) is 2.18. The van der Waals surface area contributed by atoms with Crippen molar-refractivity contribution in [3.05, 3.63) is 42.0 Å². The molecule has 1 aromatic rings. The third-order valence-electron chi connectivity index (χ3n) is 1.80. The molecule has 72 valence electrons. The summed E-state index contributed by atoms with van der Waals surface area (Å²) in [5.41, 5.74) is 6.11. The van der Waals surface area contributed by atoms with E-state index >= 15 is 0 Å². The number of nitrogens with zero attached hydrogens (tertiary/aromatic N) is 1. The monoisotopic (exact) mass is 191 g/mol. The van der Waals surface area contributed by atoms with Gasteiger partial charge < -0.3 is 0 Å². The third-order valence-corrected chi connectivity index (χ3v) is 1.80. The van der Waals surface area contributed by atoms with Crippen LogP contribution in [0.3, 0.4) is 0 Å². The van der Waals surface area contributed by atoms with Gasteiger partial charge in [-0.15, -0.1) is 0 Å². The van der Waals surface area contributed by atoms with Gasteiger partial charge in [-0.1, -0.05) is 30.3 Å². The lowest BCUT2D eigenvalue weighted by Crippen LogP contribution is -2.50. The van der Waals surface area contributed by atoms with Gasteiger partial charge in [-0.3, -0.25) is 15.4 Å². The van der Waals surface area contributed by atoms with E-state index in [1.807, 2.05) is 30.3 Å². The van der Waals surface area contributed by atoms with Crippen LogP contribution in [-0.2, 0) is 4.79 Å². The van der Waals surface area contributed by atoms with Crippen molar-refractivity contribution in [2.24, 2.45) is 0 Å². The molecule has 5 heteroatoms. The van der Waals surface area contributed by atoms with Crippen molar-refractivity contribution in [1.82, 2.24) is 16.1 Å². The van der Waals surface area contributed by atoms with E-state index < -0.39 is 0 Å². The Hall–Kier alpha value is -1.85. The minimum absolute atomic E-state index is 0.370. The summed E-state index contributed by atoms with van der Waals surface area (Å²) in [5, 5.41) is 9.59. The van der Waals surface area contributed by atoms with Crippen molar-refractivity contribution in [3.63, 3.8) is 0 Å². The third kappa shape index (κ3) is 1.73. The molecule has 0 fully saturated rings. The highest BCUT2D eigenvalue weighted by molar-refractivity contribution is 5.95. The second kappa shape index (κ2) is 3.49. The zero-order valence-corrected chi connectivity index (χ0v) is 7.27. The Bertz CT molecular complexity index is 375. The van der Waals surface area contributed by atoms with Gasteiger partial charge in [0, 0.05) is 6.08 Å². The number of amides is 1. The van der Waals surface area contributed by atoms with E-state index in [0.29, 0.717) is 11.0 Å². The molecule has 0 atom stereocenters. The Kier molecular flexibility index (Phi) is 2.18. The standard InChI is InChI=1S/C9H9N3O2/c13-9-6-8(10-12(14)11-9)7-4-2-1-3-5-7/h1-6,10,14H,(H,11,13). The quantitative estimate of drug-likeness (QED) is 0.596. The maximum Gasteiger partial charge on any atom is 0.263 e. The largest absolute Gasteiger partial charge is 0.277 e. The smallest absolute Gasteiger partial charge is 0.263 e. The fourth-order valence-corrected chi connectivity index (χ4v) is 1.21. The molecule has 0 saturated carbocycles.